The van der Waals surface area contributed by atoms with Crippen LogP contribution in [-0.2, 0) is 20.1 Å². The van der Waals surface area contributed by atoms with E-state index in [4.69, 9.17) is 10.8 Å². The number of rotatable bonds is 7. The zero-order valence-electron chi connectivity index (χ0n) is 38.0. The molecule has 0 amide bonds. The predicted octanol–water partition coefficient (Wildman–Crippen LogP) is 15.2. The van der Waals surface area contributed by atoms with E-state index in [1.54, 1.807) is 0 Å². The van der Waals surface area contributed by atoms with Gasteiger partial charge in [-0.05, 0) is 79.5 Å². The Kier molecular flexibility index (Phi) is 11.6. The van der Waals surface area contributed by atoms with Gasteiger partial charge in [0.2, 0.25) is 0 Å². The Bertz CT molecular complexity index is 3250. The maximum atomic E-state index is 8.44. The van der Waals surface area contributed by atoms with E-state index in [0.29, 0.717) is 11.8 Å². The summed E-state index contributed by atoms with van der Waals surface area (Å²) in [5, 5.41) is 8.42. The van der Waals surface area contributed by atoms with Gasteiger partial charge in [-0.1, -0.05) is 157 Å². The standard InChI is InChI=1S/C39H31N2O.C17H22NSi.Ir/c1-23(2)26-13-9-14-27(24(3)4)37(26)41-34-18-8-7-17-33(34)40-39(41)32-16-10-15-31-36-30-20-19-25-11-5-6-12-28(25)29(30)21-22-35(36)42-38(31)32;1-13(2)15-11-16(14-9-7-6-8-10-14)18-12-17(15)19(3,4)5;/h5-15,17-24H,1-4H3;6-9,11-13H,1-5H3;/q2*-1;/i;13D;. The Morgan fingerprint density at radius 1 is 0.661 bits per heavy atom. The zero-order valence-corrected chi connectivity index (χ0v) is 40.4. The second kappa shape index (κ2) is 17.2. The van der Waals surface area contributed by atoms with Crippen molar-refractivity contribution in [2.75, 3.05) is 0 Å². The van der Waals surface area contributed by atoms with E-state index in [1.165, 1.54) is 43.5 Å². The summed E-state index contributed by atoms with van der Waals surface area (Å²) in [6.07, 6.45) is 1.98. The number of furan rings is 1. The largest absolute Gasteiger partial charge is 0.501 e. The molecule has 0 saturated carbocycles. The van der Waals surface area contributed by atoms with Crippen LogP contribution in [0.4, 0.5) is 0 Å². The van der Waals surface area contributed by atoms with Crippen LogP contribution < -0.4 is 5.19 Å². The molecular weight excluding hydrogens is 951 g/mol. The third-order valence-electron chi connectivity index (χ3n) is 11.9. The molecule has 1 radical (unpaired) electrons. The molecule has 313 valence electrons. The van der Waals surface area contributed by atoms with E-state index in [2.05, 4.69) is 172 Å². The fourth-order valence-corrected chi connectivity index (χ4v) is 10.4. The topological polar surface area (TPSA) is 43.9 Å². The summed E-state index contributed by atoms with van der Waals surface area (Å²) in [5.74, 6) is 0.938. The minimum Gasteiger partial charge on any atom is -0.501 e. The molecule has 0 aliphatic carbocycles. The van der Waals surface area contributed by atoms with Crippen LogP contribution in [0.2, 0.25) is 19.6 Å². The number of pyridine rings is 1. The van der Waals surface area contributed by atoms with Gasteiger partial charge < -0.3 is 14.0 Å². The second-order valence-corrected chi connectivity index (χ2v) is 23.1. The van der Waals surface area contributed by atoms with Crippen LogP contribution >= 0.6 is 0 Å². The molecule has 0 aliphatic rings. The summed E-state index contributed by atoms with van der Waals surface area (Å²) in [6, 6.07) is 53.3. The van der Waals surface area contributed by atoms with E-state index < -0.39 is 14.0 Å². The average molecular weight is 1010 g/mol. The van der Waals surface area contributed by atoms with Gasteiger partial charge in [0, 0.05) is 38.7 Å². The molecule has 0 bridgehead atoms. The molecule has 0 spiro atoms. The van der Waals surface area contributed by atoms with E-state index in [1.807, 2.05) is 50.4 Å². The van der Waals surface area contributed by atoms with Gasteiger partial charge in [-0.2, -0.15) is 0 Å². The second-order valence-electron chi connectivity index (χ2n) is 18.0. The zero-order chi connectivity index (χ0) is 43.5. The molecule has 6 heteroatoms. The Morgan fingerprint density at radius 2 is 1.37 bits per heavy atom. The van der Waals surface area contributed by atoms with Crippen molar-refractivity contribution in [2.45, 2.75) is 78.9 Å². The van der Waals surface area contributed by atoms with Crippen molar-refractivity contribution in [3.63, 3.8) is 0 Å². The van der Waals surface area contributed by atoms with Crippen LogP contribution in [-0.4, -0.2) is 22.6 Å². The predicted molar refractivity (Wildman–Crippen MR) is 261 cm³/mol. The molecule has 3 aromatic heterocycles. The van der Waals surface area contributed by atoms with Crippen molar-refractivity contribution in [1.29, 1.82) is 0 Å². The number of benzene rings is 7. The number of hydrogen-bond acceptors (Lipinski definition) is 3. The maximum absolute atomic E-state index is 8.44. The van der Waals surface area contributed by atoms with Gasteiger partial charge in [0.05, 0.1) is 30.5 Å². The van der Waals surface area contributed by atoms with Gasteiger partial charge in [0.15, 0.2) is 0 Å². The van der Waals surface area contributed by atoms with E-state index in [9.17, 15) is 0 Å². The molecule has 10 aromatic rings. The van der Waals surface area contributed by atoms with Crippen molar-refractivity contribution in [1.82, 2.24) is 14.5 Å². The molecule has 0 aliphatic heterocycles. The van der Waals surface area contributed by atoms with E-state index >= 15 is 0 Å². The molecule has 10 rings (SSSR count). The first kappa shape index (κ1) is 41.7. The molecule has 7 aromatic carbocycles. The molecule has 0 N–H and O–H groups in total. The molecule has 0 saturated heterocycles. The molecule has 0 atom stereocenters. The first-order chi connectivity index (χ1) is 29.7. The Hall–Kier alpha value is -5.65. The van der Waals surface area contributed by atoms with Gasteiger partial charge in [-0.25, -0.2) is 0 Å². The molecule has 0 unspecified atom stereocenters. The molecule has 62 heavy (non-hydrogen) atoms. The fourth-order valence-electron chi connectivity index (χ4n) is 8.85. The minimum absolute atomic E-state index is 0. The Labute approximate surface area is 381 Å². The summed E-state index contributed by atoms with van der Waals surface area (Å²) in [6.45, 7) is 19.9. The van der Waals surface area contributed by atoms with Gasteiger partial charge in [0.25, 0.3) is 0 Å². The summed E-state index contributed by atoms with van der Waals surface area (Å²) >= 11 is 0. The van der Waals surface area contributed by atoms with Gasteiger partial charge >= 0.3 is 0 Å². The first-order valence-electron chi connectivity index (χ1n) is 22.0. The summed E-state index contributed by atoms with van der Waals surface area (Å²) in [4.78, 5) is 9.87. The first-order valence-corrected chi connectivity index (χ1v) is 25.0. The molecular formula is C56H53IrN3OSi-2. The van der Waals surface area contributed by atoms with Crippen LogP contribution in [0.1, 0.15) is 77.3 Å². The number of aromatic nitrogens is 3. The third kappa shape index (κ3) is 7.74. The van der Waals surface area contributed by atoms with Crippen LogP contribution in [0, 0.1) is 12.1 Å². The third-order valence-corrected chi connectivity index (χ3v) is 13.9. The molecule has 4 nitrogen and oxygen atoms in total. The van der Waals surface area contributed by atoms with Crippen LogP contribution in [0.5, 0.6) is 0 Å². The Morgan fingerprint density at radius 3 is 2.08 bits per heavy atom. The quantitative estimate of drug-likeness (QED) is 0.0908. The van der Waals surface area contributed by atoms with Crippen molar-refractivity contribution in [3.8, 4) is 28.3 Å². The number of hydrogen-bond donors (Lipinski definition) is 0. The number of fused-ring (bicyclic) bond motifs is 8. The van der Waals surface area contributed by atoms with E-state index in [0.717, 1.165) is 61.2 Å². The maximum Gasteiger partial charge on any atom is 0.121 e. The van der Waals surface area contributed by atoms with E-state index in [-0.39, 0.29) is 20.1 Å². The van der Waals surface area contributed by atoms with Gasteiger partial charge in [-0.15, -0.1) is 54.1 Å². The Balaban J connectivity index is 0.000000219. The number of para-hydroxylation sites is 3. The number of imidazole rings is 1. The monoisotopic (exact) mass is 1010 g/mol. The van der Waals surface area contributed by atoms with Crippen molar-refractivity contribution in [2.24, 2.45) is 0 Å². The van der Waals surface area contributed by atoms with Crippen LogP contribution in [0.15, 0.2) is 144 Å². The number of nitrogens with zero attached hydrogens (tertiary/aromatic N) is 3. The van der Waals surface area contributed by atoms with Gasteiger partial charge in [-0.3, -0.25) is 4.98 Å². The molecule has 3 heterocycles. The van der Waals surface area contributed by atoms with Crippen molar-refractivity contribution < 1.29 is 25.9 Å². The van der Waals surface area contributed by atoms with Crippen LogP contribution in [0.3, 0.4) is 0 Å². The summed E-state index contributed by atoms with van der Waals surface area (Å²) in [7, 11) is -1.50. The SMILES string of the molecule is CC(C)c1cccc(C(C)C)c1-n1c(-c2[c-]ccc3c2oc2ccc4c5ccccc5ccc4c23)nc2ccccc21.[2H]C(C)(C)c1cc(-c2[c-]cccc2)ncc1[Si](C)(C)C.[Ir]. The minimum atomic E-state index is -1.50. The fraction of sp³-hybridized carbons (Fsp3) is 0.214. The summed E-state index contributed by atoms with van der Waals surface area (Å²) < 4.78 is 17.5. The molecule has 0 fully saturated rings. The normalized spacial score (nSPS) is 12.3. The van der Waals surface area contributed by atoms with Crippen LogP contribution in [0.25, 0.3) is 82.8 Å². The van der Waals surface area contributed by atoms with Gasteiger partial charge in [0.1, 0.15) is 5.58 Å². The van der Waals surface area contributed by atoms with Crippen molar-refractivity contribution >= 4 is 67.8 Å². The average Bonchev–Trinajstić information content (AvgIpc) is 3.85. The smallest absolute Gasteiger partial charge is 0.121 e. The summed E-state index contributed by atoms with van der Waals surface area (Å²) in [5.41, 5.74) is 11.4. The van der Waals surface area contributed by atoms with Crippen molar-refractivity contribution in [3.05, 3.63) is 168 Å².